The number of likely N-dealkylation sites (N-methyl/N-ethyl adjacent to an activating group) is 5. The summed E-state index contributed by atoms with van der Waals surface area (Å²) < 4.78 is 26.5. The number of benzene rings is 2. The lowest BCUT2D eigenvalue weighted by Crippen LogP contribution is -2.62. The highest BCUT2D eigenvalue weighted by atomic mass is 35.5. The van der Waals surface area contributed by atoms with Gasteiger partial charge in [-0.25, -0.2) is 13.4 Å². The number of aliphatic imine (C=N–C) groups is 1. The Morgan fingerprint density at radius 2 is 1.10 bits per heavy atom. The standard InChI is InChI=1S/C77H120ClN13O16S/c1-19-20-34-91-45-65(95)85(13)59(39-48(6)7)68(96)81-57(38-47(4)5)74(102)88(16)62(42-52-28-23-21-24-29-52)76(104)89(17)67(50(10)11)71(99)82-58(75(103)90-35-25-22-26-36-90)44-64(94)79-56(37-46(2)3)73(101)87(15)61(43-53-30-27-31-54(78)41-53)69(97)80-55(32-33-63(93)84-108(18,106)107)72(100)86(14)60(40-49(8)9)70(98)83-66(51(12)92)77(91)105/h21,23-24,27-31,41,46-51,55-62,67,92H,19-20,22,25-26,32-40,42-45H2,1-18H3,(H,79,94)(H,80,97)(H,81,96)(H,82,99)(H,84,93)/b83-66-/t51-,55+,56-,57-,58+,59-,60?,61+,62+,67+/m1/s1. The Morgan fingerprint density at radius 3 is 1.64 bits per heavy atom. The van der Waals surface area contributed by atoms with Crippen molar-refractivity contribution in [2.24, 2.45) is 34.6 Å². The minimum Gasteiger partial charge on any atom is -0.387 e. The van der Waals surface area contributed by atoms with Gasteiger partial charge in [-0.15, -0.1) is 0 Å². The molecule has 1 fully saturated rings. The van der Waals surface area contributed by atoms with Crippen molar-refractivity contribution in [2.75, 3.05) is 67.7 Å². The first-order valence-electron chi connectivity index (χ1n) is 37.7. The Hall–Kier alpha value is -8.38. The molecule has 1 saturated heterocycles. The van der Waals surface area contributed by atoms with Crippen LogP contribution in [0.1, 0.15) is 171 Å². The fourth-order valence-electron chi connectivity index (χ4n) is 13.4. The molecule has 6 N–H and O–H groups in total. The van der Waals surface area contributed by atoms with E-state index in [0.29, 0.717) is 49.9 Å². The summed E-state index contributed by atoms with van der Waals surface area (Å²) in [6, 6.07) is 1.94. The number of nitrogens with one attached hydrogen (secondary N) is 5. The van der Waals surface area contributed by atoms with Gasteiger partial charge in [0.15, 0.2) is 0 Å². The van der Waals surface area contributed by atoms with E-state index in [-0.39, 0.29) is 67.8 Å². The molecule has 0 radical (unpaired) electrons. The minimum atomic E-state index is -4.16. The quantitative estimate of drug-likeness (QED) is 0.0957. The molecule has 602 valence electrons. The second-order valence-electron chi connectivity index (χ2n) is 30.9. The Morgan fingerprint density at radius 1 is 0.593 bits per heavy atom. The molecule has 2 aliphatic heterocycles. The van der Waals surface area contributed by atoms with E-state index < -0.39 is 191 Å². The average Bonchev–Trinajstić information content (AvgIpc) is 0.812. The smallest absolute Gasteiger partial charge is 0.271 e. The van der Waals surface area contributed by atoms with E-state index in [1.165, 1.54) is 62.9 Å². The fraction of sp³-hybridized carbons (Fsp3) is 0.662. The van der Waals surface area contributed by atoms with Gasteiger partial charge in [0.2, 0.25) is 75.0 Å². The van der Waals surface area contributed by atoms with Crippen molar-refractivity contribution in [1.82, 2.24) is 60.3 Å². The number of hydrogen-bond acceptors (Lipinski definition) is 16. The molecule has 0 aliphatic carbocycles. The summed E-state index contributed by atoms with van der Waals surface area (Å²) in [5.74, 6) is -13.2. The van der Waals surface area contributed by atoms with Crippen molar-refractivity contribution in [1.29, 1.82) is 0 Å². The number of carbonyl (C=O) groups is 13. The lowest BCUT2D eigenvalue weighted by Gasteiger charge is -2.38. The highest BCUT2D eigenvalue weighted by Crippen LogP contribution is 2.25. The van der Waals surface area contributed by atoms with Crippen LogP contribution in [0.3, 0.4) is 0 Å². The predicted octanol–water partition coefficient (Wildman–Crippen LogP) is 4.29. The highest BCUT2D eigenvalue weighted by Gasteiger charge is 2.44. The van der Waals surface area contributed by atoms with E-state index in [1.807, 2.05) is 39.3 Å². The topological polar surface area (TPSA) is 371 Å². The third-order valence-electron chi connectivity index (χ3n) is 19.3. The van der Waals surface area contributed by atoms with Gasteiger partial charge in [-0.2, -0.15) is 0 Å². The number of unbranched alkanes of at least 4 members (excludes halogenated alkanes) is 1. The zero-order valence-electron chi connectivity index (χ0n) is 66.5. The molecule has 108 heavy (non-hydrogen) atoms. The van der Waals surface area contributed by atoms with Gasteiger partial charge in [0.05, 0.1) is 18.8 Å². The summed E-state index contributed by atoms with van der Waals surface area (Å²) in [7, 11) is 2.53. The monoisotopic (exact) mass is 1550 g/mol. The number of sulfonamides is 1. The summed E-state index contributed by atoms with van der Waals surface area (Å²) >= 11 is 6.49. The molecule has 13 amide bonds. The lowest BCUT2D eigenvalue weighted by molar-refractivity contribution is -0.151. The number of carbonyl (C=O) groups excluding carboxylic acids is 13. The number of piperidine rings is 1. The van der Waals surface area contributed by atoms with Gasteiger partial charge in [-0.1, -0.05) is 137 Å². The molecule has 0 aromatic heterocycles. The molecule has 1 unspecified atom stereocenters. The Labute approximate surface area is 643 Å². The van der Waals surface area contributed by atoms with Crippen LogP contribution in [0.2, 0.25) is 5.02 Å². The number of halogens is 1. The van der Waals surface area contributed by atoms with Crippen molar-refractivity contribution in [3.63, 3.8) is 0 Å². The zero-order chi connectivity index (χ0) is 81.4. The van der Waals surface area contributed by atoms with Crippen LogP contribution in [-0.2, 0) is 85.2 Å². The van der Waals surface area contributed by atoms with Crippen LogP contribution in [0.25, 0.3) is 0 Å². The molecule has 2 heterocycles. The van der Waals surface area contributed by atoms with Crippen LogP contribution in [0, 0.1) is 29.6 Å². The largest absolute Gasteiger partial charge is 0.387 e. The molecule has 0 spiro atoms. The predicted molar refractivity (Wildman–Crippen MR) is 411 cm³/mol. The molecule has 4 rings (SSSR count). The minimum absolute atomic E-state index is 0.0477. The van der Waals surface area contributed by atoms with Gasteiger partial charge in [0, 0.05) is 79.2 Å². The van der Waals surface area contributed by atoms with Crippen molar-refractivity contribution >= 4 is 104 Å². The number of likely N-dealkylation sites (tertiary alicyclic amines) is 1. The average molecular weight is 1550 g/mol. The molecule has 2 aliphatic rings. The van der Waals surface area contributed by atoms with E-state index in [1.54, 1.807) is 90.1 Å². The molecular formula is C77H120ClN13O16S. The number of rotatable bonds is 22. The third kappa shape index (κ3) is 28.2. The van der Waals surface area contributed by atoms with E-state index in [0.717, 1.165) is 32.3 Å². The zero-order valence-corrected chi connectivity index (χ0v) is 68.1. The fourth-order valence-corrected chi connectivity index (χ4v) is 14.2. The number of aliphatic hydroxyl groups excluding tert-OH is 1. The van der Waals surface area contributed by atoms with Gasteiger partial charge >= 0.3 is 0 Å². The summed E-state index contributed by atoms with van der Waals surface area (Å²) in [5, 5.41) is 22.9. The molecular weight excluding hydrogens is 1430 g/mol. The van der Waals surface area contributed by atoms with Gasteiger partial charge in [0.25, 0.3) is 11.8 Å². The van der Waals surface area contributed by atoms with E-state index >= 15 is 33.6 Å². The summed E-state index contributed by atoms with van der Waals surface area (Å²) in [6.45, 7) is 20.5. The van der Waals surface area contributed by atoms with Crippen molar-refractivity contribution in [2.45, 2.75) is 233 Å². The van der Waals surface area contributed by atoms with Gasteiger partial charge in [-0.05, 0) is 118 Å². The van der Waals surface area contributed by atoms with Crippen molar-refractivity contribution in [3.8, 4) is 0 Å². The maximum Gasteiger partial charge on any atom is 0.271 e. The van der Waals surface area contributed by atoms with E-state index in [4.69, 9.17) is 11.6 Å². The van der Waals surface area contributed by atoms with E-state index in [9.17, 15) is 42.3 Å². The third-order valence-corrected chi connectivity index (χ3v) is 20.1. The highest BCUT2D eigenvalue weighted by molar-refractivity contribution is 7.89. The lowest BCUT2D eigenvalue weighted by atomic mass is 9.96. The first-order chi connectivity index (χ1) is 50.5. The molecule has 2 aromatic rings. The van der Waals surface area contributed by atoms with Gasteiger partial charge in [0.1, 0.15) is 66.6 Å². The summed E-state index contributed by atoms with van der Waals surface area (Å²) in [4.78, 5) is 208. The summed E-state index contributed by atoms with van der Waals surface area (Å²) in [5.41, 5.74) is 0.326. The maximum absolute atomic E-state index is 15.6. The normalized spacial score (nSPS) is 23.9. The Kier molecular flexibility index (Phi) is 36.7. The first kappa shape index (κ1) is 92.0. The summed E-state index contributed by atoms with van der Waals surface area (Å²) in [6.07, 6.45) is -0.662. The van der Waals surface area contributed by atoms with Gasteiger partial charge in [-0.3, -0.25) is 67.1 Å². The number of amides is 13. The van der Waals surface area contributed by atoms with Crippen LogP contribution in [0.5, 0.6) is 0 Å². The molecule has 0 saturated carbocycles. The van der Waals surface area contributed by atoms with Crippen molar-refractivity contribution in [3.05, 3.63) is 70.7 Å². The number of hydrogen-bond donors (Lipinski definition) is 6. The molecule has 31 heteroatoms. The Bertz CT molecular complexity index is 3610. The van der Waals surface area contributed by atoms with Crippen molar-refractivity contribution < 1.29 is 75.9 Å². The molecule has 10 atom stereocenters. The second-order valence-corrected chi connectivity index (χ2v) is 33.1. The van der Waals surface area contributed by atoms with Crippen LogP contribution in [0.4, 0.5) is 0 Å². The number of aliphatic hydroxyl groups is 1. The number of nitrogens with zero attached hydrogens (tertiary/aromatic N) is 8. The molecule has 29 nitrogen and oxygen atoms in total. The first-order valence-corrected chi connectivity index (χ1v) is 40.0. The van der Waals surface area contributed by atoms with Crippen LogP contribution < -0.4 is 26.0 Å². The molecule has 2 aromatic carbocycles. The van der Waals surface area contributed by atoms with Crippen LogP contribution >= 0.6 is 11.6 Å². The molecule has 0 bridgehead atoms. The second kappa shape index (κ2) is 43.1. The van der Waals surface area contributed by atoms with Crippen LogP contribution in [-0.4, -0.2) is 258 Å². The SMILES string of the molecule is CCCCN1CC(=O)N(C)[C@H](CC(C)C)C(=O)N[C@H](CC(C)C)C(=O)N(C)[C@@H](Cc2ccccc2)C(=O)N(C)[C@@H](C(C)C)C(=O)N[C@H](C(=O)N2CCCCC2)CC(=O)N[C@H](CC(C)C)C(=O)N(C)[C@@H](Cc2cccc(Cl)c2)C(=O)N[C@@H](CCC(=O)NS(C)(=O)=O)C(=O)N(C)C(CC(C)C)C(=O)/N=C(/[C@@H](C)O)C1=O. The van der Waals surface area contributed by atoms with Gasteiger partial charge < -0.3 is 60.7 Å². The van der Waals surface area contributed by atoms with E-state index in [2.05, 4.69) is 26.3 Å². The maximum atomic E-state index is 15.6. The Balaban J connectivity index is 2.08. The van der Waals surface area contributed by atoms with Crippen LogP contribution in [0.15, 0.2) is 59.6 Å².